The number of ether oxygens (including phenoxy) is 3. The number of aryl methyl sites for hydroxylation is 1. The zero-order valence-electron chi connectivity index (χ0n) is 14.5. The van der Waals surface area contributed by atoms with E-state index in [2.05, 4.69) is 4.74 Å². The largest absolute Gasteiger partial charge is 0.542 e. The van der Waals surface area contributed by atoms with E-state index in [1.165, 1.54) is 13.8 Å². The van der Waals surface area contributed by atoms with Gasteiger partial charge in [0.05, 0.1) is 0 Å². The van der Waals surface area contributed by atoms with E-state index in [1.54, 1.807) is 42.5 Å². The first-order valence-corrected chi connectivity index (χ1v) is 8.19. The zero-order valence-corrected chi connectivity index (χ0v) is 14.5. The third-order valence-electron chi connectivity index (χ3n) is 4.73. The lowest BCUT2D eigenvalue weighted by atomic mass is 9.86. The molecule has 2 aromatic carbocycles. The van der Waals surface area contributed by atoms with Gasteiger partial charge in [0.2, 0.25) is 5.78 Å². The monoisotopic (exact) mass is 353 g/mol. The van der Waals surface area contributed by atoms with Crippen molar-refractivity contribution in [1.82, 2.24) is 0 Å². The van der Waals surface area contributed by atoms with Crippen molar-refractivity contribution < 1.29 is 28.6 Å². The molecule has 132 valence electrons. The van der Waals surface area contributed by atoms with Crippen LogP contribution in [0.4, 0.5) is 0 Å². The Labute approximate surface area is 149 Å². The van der Waals surface area contributed by atoms with Gasteiger partial charge < -0.3 is 14.2 Å². The zero-order chi connectivity index (χ0) is 18.7. The van der Waals surface area contributed by atoms with Gasteiger partial charge in [-0.25, -0.2) is 0 Å². The topological polar surface area (TPSA) is 82.5 Å². The Morgan fingerprint density at radius 2 is 1.65 bits per heavy atom. The second-order valence-electron chi connectivity index (χ2n) is 6.52. The first-order chi connectivity index (χ1) is 12.3. The normalized spacial score (nSPS) is 25.0. The second-order valence-corrected chi connectivity index (χ2v) is 6.52. The number of hydrogen-bond acceptors (Lipinski definition) is 5. The molecule has 0 bridgehead atoms. The minimum atomic E-state index is -1.85. The van der Waals surface area contributed by atoms with Gasteiger partial charge in [0.25, 0.3) is 5.75 Å². The summed E-state index contributed by atoms with van der Waals surface area (Å²) in [5.74, 6) is -3.02. The Kier molecular flexibility index (Phi) is 3.25. The number of fused-ring (bicyclic) bond motifs is 5. The van der Waals surface area contributed by atoms with Gasteiger partial charge in [-0.2, -0.15) is 0 Å². The lowest BCUT2D eigenvalue weighted by Gasteiger charge is -2.32. The number of aromatic hydroxyl groups is 1. The summed E-state index contributed by atoms with van der Waals surface area (Å²) in [5.41, 5.74) is 0.224. The van der Waals surface area contributed by atoms with E-state index in [1.807, 2.05) is 6.92 Å². The summed E-state index contributed by atoms with van der Waals surface area (Å²) in [4.78, 5) is 37.4. The number of benzene rings is 2. The molecule has 1 aliphatic heterocycles. The highest BCUT2D eigenvalue weighted by molar-refractivity contribution is 6.10. The van der Waals surface area contributed by atoms with E-state index >= 15 is 0 Å². The molecule has 0 saturated heterocycles. The molecular weight excluding hydrogens is 336 g/mol. The predicted octanol–water partition coefficient (Wildman–Crippen LogP) is 2.62. The molecular formula is C20H17O6+. The minimum Gasteiger partial charge on any atom is -0.542 e. The smallest absolute Gasteiger partial charge is 0.431 e. The van der Waals surface area contributed by atoms with Crippen molar-refractivity contribution in [3.63, 3.8) is 0 Å². The summed E-state index contributed by atoms with van der Waals surface area (Å²) in [5, 5.41) is 0. The van der Waals surface area contributed by atoms with Crippen molar-refractivity contribution in [3.8, 4) is 5.75 Å². The Balaban J connectivity index is 2.09. The summed E-state index contributed by atoms with van der Waals surface area (Å²) in [6.07, 6.45) is 0. The van der Waals surface area contributed by atoms with Crippen LogP contribution >= 0.6 is 0 Å². The maximum atomic E-state index is 13.4. The lowest BCUT2D eigenvalue weighted by Crippen LogP contribution is -2.53. The SMILES string of the molecule is CC(=O)OC12[OH+]c3cc(C)ccc3C1(OC(C)=O)C(=O)c1ccccc12. The van der Waals surface area contributed by atoms with E-state index in [4.69, 9.17) is 9.47 Å². The summed E-state index contributed by atoms with van der Waals surface area (Å²) < 4.78 is 15.9. The highest BCUT2D eigenvalue weighted by Crippen LogP contribution is 2.62. The number of aliphatic hydroxyl groups is 1. The molecule has 2 atom stereocenters. The third-order valence-corrected chi connectivity index (χ3v) is 4.73. The summed E-state index contributed by atoms with van der Waals surface area (Å²) in [6, 6.07) is 12.0. The van der Waals surface area contributed by atoms with E-state index in [-0.39, 0.29) is 0 Å². The Hall–Kier alpha value is -3.15. The molecule has 2 unspecified atom stereocenters. The van der Waals surface area contributed by atoms with Crippen LogP contribution in [0.25, 0.3) is 0 Å². The summed E-state index contributed by atoms with van der Waals surface area (Å²) >= 11 is 0. The average Bonchev–Trinajstić information content (AvgIpc) is 2.92. The number of rotatable bonds is 2. The number of carbonyl (C=O) groups is 3. The van der Waals surface area contributed by atoms with Gasteiger partial charge in [0, 0.05) is 25.5 Å². The maximum absolute atomic E-state index is 13.4. The Morgan fingerprint density at radius 1 is 0.962 bits per heavy atom. The van der Waals surface area contributed by atoms with Gasteiger partial charge in [0.1, 0.15) is 11.1 Å². The van der Waals surface area contributed by atoms with Crippen LogP contribution in [0.15, 0.2) is 42.5 Å². The molecule has 0 aromatic heterocycles. The molecule has 2 aromatic rings. The first kappa shape index (κ1) is 16.3. The van der Waals surface area contributed by atoms with Crippen molar-refractivity contribution in [1.29, 1.82) is 0 Å². The number of carbonyl (C=O) groups excluding carboxylic acids is 3. The Bertz CT molecular complexity index is 978. The first-order valence-electron chi connectivity index (χ1n) is 8.19. The second kappa shape index (κ2) is 5.17. The maximum Gasteiger partial charge on any atom is 0.431 e. The molecule has 4 rings (SSSR count). The van der Waals surface area contributed by atoms with Crippen molar-refractivity contribution in [2.75, 3.05) is 0 Å². The van der Waals surface area contributed by atoms with Gasteiger partial charge >= 0.3 is 23.3 Å². The van der Waals surface area contributed by atoms with Crippen molar-refractivity contribution >= 4 is 17.7 Å². The quantitative estimate of drug-likeness (QED) is 0.612. The lowest BCUT2D eigenvalue weighted by molar-refractivity contribution is -0.320. The molecule has 6 nitrogen and oxygen atoms in total. The van der Waals surface area contributed by atoms with E-state index < -0.39 is 29.1 Å². The number of esters is 2. The molecule has 1 heterocycles. The highest BCUT2D eigenvalue weighted by Gasteiger charge is 2.81. The number of hydrogen-bond donors (Lipinski definition) is 0. The van der Waals surface area contributed by atoms with E-state index in [0.29, 0.717) is 22.4 Å². The predicted molar refractivity (Wildman–Crippen MR) is 90.5 cm³/mol. The molecule has 0 saturated carbocycles. The van der Waals surface area contributed by atoms with Crippen LogP contribution in [-0.4, -0.2) is 22.5 Å². The van der Waals surface area contributed by atoms with Gasteiger partial charge in [-0.05, 0) is 24.6 Å². The molecule has 26 heavy (non-hydrogen) atoms. The molecule has 0 radical (unpaired) electrons. The van der Waals surface area contributed by atoms with Gasteiger partial charge in [-0.3, -0.25) is 14.4 Å². The van der Waals surface area contributed by atoms with Crippen LogP contribution in [-0.2, 0) is 30.5 Å². The van der Waals surface area contributed by atoms with Crippen LogP contribution in [0.5, 0.6) is 5.75 Å². The average molecular weight is 353 g/mol. The van der Waals surface area contributed by atoms with Gasteiger partial charge in [-0.1, -0.05) is 24.3 Å². The highest BCUT2D eigenvalue weighted by atomic mass is 16.8. The Morgan fingerprint density at radius 3 is 2.35 bits per heavy atom. The van der Waals surface area contributed by atoms with Crippen LogP contribution in [0, 0.1) is 6.92 Å². The van der Waals surface area contributed by atoms with Crippen LogP contribution in [0.2, 0.25) is 0 Å². The van der Waals surface area contributed by atoms with Crippen LogP contribution < -0.4 is 0 Å². The van der Waals surface area contributed by atoms with E-state index in [0.717, 1.165) is 5.56 Å². The van der Waals surface area contributed by atoms with Crippen molar-refractivity contribution in [2.45, 2.75) is 32.2 Å². The summed E-state index contributed by atoms with van der Waals surface area (Å²) in [7, 11) is 0. The molecule has 2 aliphatic rings. The molecule has 1 aliphatic carbocycles. The molecule has 6 heteroatoms. The van der Waals surface area contributed by atoms with Crippen molar-refractivity contribution in [3.05, 3.63) is 64.7 Å². The molecule has 0 fully saturated rings. The fourth-order valence-corrected chi connectivity index (χ4v) is 3.90. The fourth-order valence-electron chi connectivity index (χ4n) is 3.90. The van der Waals surface area contributed by atoms with Gasteiger partial charge in [0.15, 0.2) is 0 Å². The number of ketones is 1. The van der Waals surface area contributed by atoms with Gasteiger partial charge in [-0.15, -0.1) is 0 Å². The molecule has 1 N–H and O–H groups in total. The van der Waals surface area contributed by atoms with E-state index in [9.17, 15) is 14.4 Å². The van der Waals surface area contributed by atoms with Crippen molar-refractivity contribution in [2.24, 2.45) is 0 Å². The van der Waals surface area contributed by atoms with Crippen LogP contribution in [0.3, 0.4) is 0 Å². The molecule has 0 amide bonds. The number of Topliss-reactive ketones (excluding diaryl/α,β-unsaturated/α-hetero) is 1. The standard InChI is InChI=1S/C20H16O6/c1-11-8-9-16-17(10-11)26-20(25-13(3)22)15-7-5-4-6-14(15)18(23)19(16,20)24-12(2)21/h4-10H,1-3H3/p+1. The third kappa shape index (κ3) is 1.84. The van der Waals surface area contributed by atoms with Crippen LogP contribution in [0.1, 0.15) is 40.9 Å². The molecule has 0 spiro atoms. The fraction of sp³-hybridized carbons (Fsp3) is 0.250. The minimum absolute atomic E-state index is 0.324. The summed E-state index contributed by atoms with van der Waals surface area (Å²) in [6.45, 7) is 4.34.